The molecule has 31 heavy (non-hydrogen) atoms. The van der Waals surface area contributed by atoms with Gasteiger partial charge in [-0.05, 0) is 59.5 Å². The lowest BCUT2D eigenvalue weighted by atomic mass is 9.93. The molecule has 1 aromatic heterocycles. The third-order valence-electron chi connectivity index (χ3n) is 5.65. The van der Waals surface area contributed by atoms with Gasteiger partial charge in [-0.2, -0.15) is 0 Å². The summed E-state index contributed by atoms with van der Waals surface area (Å²) < 4.78 is 13.1. The molecule has 4 aromatic rings. The summed E-state index contributed by atoms with van der Waals surface area (Å²) in [6, 6.07) is 19.9. The molecule has 0 amide bonds. The van der Waals surface area contributed by atoms with Crippen molar-refractivity contribution < 1.29 is 14.3 Å². The number of allylic oxidation sites excluding steroid dienone is 1. The fourth-order valence-corrected chi connectivity index (χ4v) is 4.05. The number of nitrogens with zero attached hydrogens (tertiary/aromatic N) is 2. The smallest absolute Gasteiger partial charge is 0.337 e. The molecule has 154 valence electrons. The molecular formula is C26H22N2O3. The topological polar surface area (TPSA) is 53.4 Å². The molecule has 0 fully saturated rings. The molecule has 5 heteroatoms. The van der Waals surface area contributed by atoms with Gasteiger partial charge in [0, 0.05) is 12.1 Å². The summed E-state index contributed by atoms with van der Waals surface area (Å²) in [5.74, 6) is 0.386. The maximum absolute atomic E-state index is 12.2. The molecule has 5 nitrogen and oxygen atoms in total. The van der Waals surface area contributed by atoms with Gasteiger partial charge < -0.3 is 14.0 Å². The minimum atomic E-state index is -0.365. The third kappa shape index (κ3) is 3.48. The summed E-state index contributed by atoms with van der Waals surface area (Å²) in [5, 5.41) is 0. The van der Waals surface area contributed by atoms with Crippen LogP contribution in [-0.4, -0.2) is 22.6 Å². The van der Waals surface area contributed by atoms with Crippen LogP contribution in [0.3, 0.4) is 0 Å². The van der Waals surface area contributed by atoms with Crippen LogP contribution in [-0.2, 0) is 17.9 Å². The number of methoxy groups -OCH3 is 1. The molecule has 0 unspecified atom stereocenters. The van der Waals surface area contributed by atoms with Crippen molar-refractivity contribution in [3.05, 3.63) is 101 Å². The molecule has 1 aliphatic heterocycles. The Morgan fingerprint density at radius 2 is 2.00 bits per heavy atom. The van der Waals surface area contributed by atoms with Gasteiger partial charge in [0.05, 0.1) is 30.0 Å². The van der Waals surface area contributed by atoms with Crippen molar-refractivity contribution in [2.45, 2.75) is 20.1 Å². The van der Waals surface area contributed by atoms with Crippen molar-refractivity contribution in [2.24, 2.45) is 0 Å². The third-order valence-corrected chi connectivity index (χ3v) is 5.65. The van der Waals surface area contributed by atoms with E-state index in [1.807, 2.05) is 30.6 Å². The van der Waals surface area contributed by atoms with Crippen molar-refractivity contribution in [2.75, 3.05) is 7.11 Å². The van der Waals surface area contributed by atoms with E-state index in [-0.39, 0.29) is 5.97 Å². The number of hydrogen-bond acceptors (Lipinski definition) is 4. The molecule has 0 atom stereocenters. The molecule has 5 rings (SSSR count). The molecule has 0 saturated heterocycles. The zero-order valence-corrected chi connectivity index (χ0v) is 17.5. The van der Waals surface area contributed by atoms with Crippen LogP contribution in [0.2, 0.25) is 0 Å². The molecule has 0 saturated carbocycles. The first-order valence-electron chi connectivity index (χ1n) is 10.2. The van der Waals surface area contributed by atoms with Gasteiger partial charge in [-0.3, -0.25) is 0 Å². The fourth-order valence-electron chi connectivity index (χ4n) is 4.05. The molecule has 0 bridgehead atoms. The average Bonchev–Trinajstić information content (AvgIpc) is 3.12. The summed E-state index contributed by atoms with van der Waals surface area (Å²) in [4.78, 5) is 16.7. The van der Waals surface area contributed by atoms with Crippen molar-refractivity contribution in [1.82, 2.24) is 9.55 Å². The normalized spacial score (nSPS) is 13.9. The zero-order valence-electron chi connectivity index (χ0n) is 17.5. The standard InChI is InChI=1S/C26H22N2O3/c1-17-7-9-24-23(13-17)27-16-28(24)12-11-21-20-6-4-3-5-19(20)15-31-25-10-8-18(14-22(21)25)26(29)30-2/h3-11,13-14,16H,12,15H2,1-2H3/b21-11+. The van der Waals surface area contributed by atoms with Gasteiger partial charge in [-0.1, -0.05) is 36.4 Å². The maximum atomic E-state index is 12.2. The molecular weight excluding hydrogens is 388 g/mol. The Balaban J connectivity index is 1.64. The van der Waals surface area contributed by atoms with Gasteiger partial charge in [0.25, 0.3) is 0 Å². The molecule has 1 aliphatic rings. The molecule has 3 aromatic carbocycles. The second-order valence-electron chi connectivity index (χ2n) is 7.66. The van der Waals surface area contributed by atoms with Crippen LogP contribution in [0.1, 0.15) is 32.6 Å². The van der Waals surface area contributed by atoms with Gasteiger partial charge >= 0.3 is 5.97 Å². The van der Waals surface area contributed by atoms with Crippen molar-refractivity contribution >= 4 is 22.6 Å². The summed E-state index contributed by atoms with van der Waals surface area (Å²) >= 11 is 0. The molecule has 0 radical (unpaired) electrons. The SMILES string of the molecule is COC(=O)c1ccc2c(c1)/C(=C/Cn1cnc3cc(C)ccc31)c1ccccc1CO2. The zero-order chi connectivity index (χ0) is 21.4. The van der Waals surface area contributed by atoms with Gasteiger partial charge in [0.1, 0.15) is 12.4 Å². The number of rotatable bonds is 3. The average molecular weight is 410 g/mol. The summed E-state index contributed by atoms with van der Waals surface area (Å²) in [6.07, 6.45) is 4.04. The lowest BCUT2D eigenvalue weighted by molar-refractivity contribution is 0.0600. The number of fused-ring (bicyclic) bond motifs is 3. The Morgan fingerprint density at radius 1 is 1.13 bits per heavy atom. The van der Waals surface area contributed by atoms with E-state index in [1.54, 1.807) is 6.07 Å². The second kappa shape index (κ2) is 7.76. The van der Waals surface area contributed by atoms with Crippen LogP contribution in [0.4, 0.5) is 0 Å². The lowest BCUT2D eigenvalue weighted by Gasteiger charge is -2.12. The van der Waals surface area contributed by atoms with Gasteiger partial charge in [-0.15, -0.1) is 0 Å². The van der Waals surface area contributed by atoms with Gasteiger partial charge in [-0.25, -0.2) is 9.78 Å². The summed E-state index contributed by atoms with van der Waals surface area (Å²) in [5.41, 5.74) is 7.88. The first-order valence-corrected chi connectivity index (χ1v) is 10.2. The minimum absolute atomic E-state index is 0.365. The lowest BCUT2D eigenvalue weighted by Crippen LogP contribution is -2.03. The highest BCUT2D eigenvalue weighted by Gasteiger charge is 2.21. The predicted octanol–water partition coefficient (Wildman–Crippen LogP) is 5.16. The van der Waals surface area contributed by atoms with E-state index in [4.69, 9.17) is 9.47 Å². The van der Waals surface area contributed by atoms with Crippen LogP contribution in [0.25, 0.3) is 16.6 Å². The van der Waals surface area contributed by atoms with E-state index in [0.717, 1.165) is 39.0 Å². The summed E-state index contributed by atoms with van der Waals surface area (Å²) in [6.45, 7) is 3.19. The number of esters is 1. The Bertz CT molecular complexity index is 1330. The van der Waals surface area contributed by atoms with Crippen LogP contribution in [0, 0.1) is 6.92 Å². The molecule has 0 spiro atoms. The van der Waals surface area contributed by atoms with Crippen molar-refractivity contribution in [3.63, 3.8) is 0 Å². The highest BCUT2D eigenvalue weighted by molar-refractivity contribution is 5.93. The van der Waals surface area contributed by atoms with E-state index in [2.05, 4.69) is 52.9 Å². The van der Waals surface area contributed by atoms with Crippen molar-refractivity contribution in [1.29, 1.82) is 0 Å². The number of aryl methyl sites for hydroxylation is 1. The Hall–Kier alpha value is -3.86. The minimum Gasteiger partial charge on any atom is -0.488 e. The molecule has 0 aliphatic carbocycles. The monoisotopic (exact) mass is 410 g/mol. The van der Waals surface area contributed by atoms with E-state index < -0.39 is 0 Å². The number of ether oxygens (including phenoxy) is 2. The summed E-state index contributed by atoms with van der Waals surface area (Å²) in [7, 11) is 1.39. The second-order valence-corrected chi connectivity index (χ2v) is 7.66. The maximum Gasteiger partial charge on any atom is 0.337 e. The highest BCUT2D eigenvalue weighted by Crippen LogP contribution is 2.37. The Kier molecular flexibility index (Phi) is 4.79. The largest absolute Gasteiger partial charge is 0.488 e. The Morgan fingerprint density at radius 3 is 2.87 bits per heavy atom. The molecule has 2 heterocycles. The number of carbonyl (C=O) groups excluding carboxylic acids is 1. The first-order chi connectivity index (χ1) is 15.1. The first kappa shape index (κ1) is 19.1. The van der Waals surface area contributed by atoms with Crippen LogP contribution >= 0.6 is 0 Å². The number of imidazole rings is 1. The predicted molar refractivity (Wildman–Crippen MR) is 120 cm³/mol. The van der Waals surface area contributed by atoms with E-state index in [0.29, 0.717) is 18.7 Å². The van der Waals surface area contributed by atoms with E-state index in [9.17, 15) is 4.79 Å². The molecule has 0 N–H and O–H groups in total. The quantitative estimate of drug-likeness (QED) is 0.438. The number of carbonyl (C=O) groups is 1. The van der Waals surface area contributed by atoms with Crippen LogP contribution in [0.15, 0.2) is 73.1 Å². The fraction of sp³-hybridized carbons (Fsp3) is 0.154. The highest BCUT2D eigenvalue weighted by atomic mass is 16.5. The van der Waals surface area contributed by atoms with E-state index in [1.165, 1.54) is 12.7 Å². The number of hydrogen-bond donors (Lipinski definition) is 0. The van der Waals surface area contributed by atoms with Crippen molar-refractivity contribution in [3.8, 4) is 5.75 Å². The number of benzene rings is 3. The number of aromatic nitrogens is 2. The van der Waals surface area contributed by atoms with E-state index >= 15 is 0 Å². The van der Waals surface area contributed by atoms with Crippen LogP contribution < -0.4 is 4.74 Å². The van der Waals surface area contributed by atoms with Gasteiger partial charge in [0.2, 0.25) is 0 Å². The van der Waals surface area contributed by atoms with Crippen LogP contribution in [0.5, 0.6) is 5.75 Å². The Labute approximate surface area is 180 Å². The van der Waals surface area contributed by atoms with Gasteiger partial charge in [0.15, 0.2) is 0 Å².